The summed E-state index contributed by atoms with van der Waals surface area (Å²) in [5.74, 6) is 0.350. The van der Waals surface area contributed by atoms with Gasteiger partial charge in [-0.15, -0.1) is 0 Å². The van der Waals surface area contributed by atoms with Crippen LogP contribution in [0.5, 0.6) is 5.75 Å². The molecule has 2 amide bonds. The van der Waals surface area contributed by atoms with Gasteiger partial charge in [0.2, 0.25) is 11.8 Å². The molecule has 0 bridgehead atoms. The lowest BCUT2D eigenvalue weighted by Crippen LogP contribution is -2.64. The lowest BCUT2D eigenvalue weighted by atomic mass is 9.87. The highest BCUT2D eigenvalue weighted by Gasteiger charge is 2.40. The second kappa shape index (κ2) is 15.4. The number of nitrogens with one attached hydrogen (secondary N) is 1. The number of carbonyl (C=O) groups excluding carboxylic acids is 2. The van der Waals surface area contributed by atoms with Crippen LogP contribution >= 0.6 is 0 Å². The second-order valence-electron chi connectivity index (χ2n) is 11.3. The Morgan fingerprint density at radius 3 is 2.58 bits per heavy atom. The van der Waals surface area contributed by atoms with Gasteiger partial charge in [0.15, 0.2) is 0 Å². The number of carbonyl (C=O) groups is 2. The first-order valence-corrected chi connectivity index (χ1v) is 14.0. The molecule has 1 aliphatic rings. The molecule has 1 heterocycles. The molecule has 9 heteroatoms. The first kappa shape index (κ1) is 32.0. The first-order chi connectivity index (χ1) is 18.0. The van der Waals surface area contributed by atoms with Crippen molar-refractivity contribution in [2.45, 2.75) is 78.0 Å². The van der Waals surface area contributed by atoms with Crippen molar-refractivity contribution in [3.8, 4) is 5.75 Å². The average Bonchev–Trinajstić information content (AvgIpc) is 2.87. The molecule has 9 nitrogen and oxygen atoms in total. The summed E-state index contributed by atoms with van der Waals surface area (Å²) >= 11 is 0. The molecule has 0 saturated carbocycles. The van der Waals surface area contributed by atoms with Crippen LogP contribution in [0.25, 0.3) is 0 Å². The van der Waals surface area contributed by atoms with Crippen LogP contribution in [0.4, 0.5) is 5.69 Å². The van der Waals surface area contributed by atoms with E-state index in [0.717, 1.165) is 24.9 Å². The minimum atomic E-state index is -0.857. The van der Waals surface area contributed by atoms with Crippen molar-refractivity contribution in [1.29, 1.82) is 0 Å². The van der Waals surface area contributed by atoms with Crippen molar-refractivity contribution in [3.05, 3.63) is 24.3 Å². The average molecular weight is 535 g/mol. The van der Waals surface area contributed by atoms with Gasteiger partial charge in [0.25, 0.3) is 0 Å². The summed E-state index contributed by atoms with van der Waals surface area (Å²) in [6.07, 6.45) is 2.13. The number of unbranched alkanes of at least 4 members (excludes halogenated alkanes) is 1. The van der Waals surface area contributed by atoms with Crippen LogP contribution in [-0.4, -0.2) is 86.0 Å². The minimum absolute atomic E-state index is 0.0353. The van der Waals surface area contributed by atoms with Crippen molar-refractivity contribution < 1.29 is 24.2 Å². The summed E-state index contributed by atoms with van der Waals surface area (Å²) in [7, 11) is 1.66. The van der Waals surface area contributed by atoms with E-state index in [1.54, 1.807) is 12.0 Å². The van der Waals surface area contributed by atoms with Crippen LogP contribution < -0.4 is 20.7 Å². The molecule has 0 spiro atoms. The fourth-order valence-corrected chi connectivity index (χ4v) is 4.77. The molecule has 0 aliphatic carbocycles. The van der Waals surface area contributed by atoms with Crippen molar-refractivity contribution >= 4 is 17.5 Å². The molecule has 1 aromatic rings. The largest absolute Gasteiger partial charge is 0.491 e. The van der Waals surface area contributed by atoms with Crippen molar-refractivity contribution in [2.75, 3.05) is 51.4 Å². The Hall–Kier alpha value is -2.20. The summed E-state index contributed by atoms with van der Waals surface area (Å²) in [5.41, 5.74) is 6.82. The maximum absolute atomic E-state index is 13.3. The third kappa shape index (κ3) is 9.22. The quantitative estimate of drug-likeness (QED) is 0.279. The topological polar surface area (TPSA) is 117 Å². The number of hydrogen-bond acceptors (Lipinski definition) is 7. The van der Waals surface area contributed by atoms with E-state index < -0.39 is 12.1 Å². The van der Waals surface area contributed by atoms with Gasteiger partial charge >= 0.3 is 0 Å². The molecule has 4 N–H and O–H groups in total. The van der Waals surface area contributed by atoms with E-state index in [0.29, 0.717) is 45.0 Å². The van der Waals surface area contributed by atoms with E-state index in [-0.39, 0.29) is 35.7 Å². The fourth-order valence-electron chi connectivity index (χ4n) is 4.77. The van der Waals surface area contributed by atoms with E-state index in [9.17, 15) is 14.7 Å². The molecule has 3 atom stereocenters. The second-order valence-corrected chi connectivity index (χ2v) is 11.3. The number of benzene rings is 1. The number of aliphatic hydroxyl groups excluding tert-OH is 1. The maximum atomic E-state index is 13.3. The van der Waals surface area contributed by atoms with Gasteiger partial charge in [0, 0.05) is 57.3 Å². The highest BCUT2D eigenvalue weighted by atomic mass is 16.5. The predicted octanol–water partition coefficient (Wildman–Crippen LogP) is 2.80. The van der Waals surface area contributed by atoms with Crippen molar-refractivity contribution in [3.63, 3.8) is 0 Å². The standard InChI is InChI=1S/C29H50N4O5/c1-7-8-14-31-28(36)22(21(2)3)17-25(34)23(30)18-32-19-27(35)33(20-29(32,4)5)24-12-9-10-13-26(24)38-16-11-15-37-6/h9-10,12-13,21-23,25,34H,7-8,11,14-20,30H2,1-6H3,(H,31,36)/t22-,23-,25-/m0/s1. The number of aliphatic hydroxyl groups is 1. The molecule has 1 saturated heterocycles. The fraction of sp³-hybridized carbons (Fsp3) is 0.724. The van der Waals surface area contributed by atoms with E-state index in [4.69, 9.17) is 15.2 Å². The third-order valence-electron chi connectivity index (χ3n) is 7.33. The smallest absolute Gasteiger partial charge is 0.241 e. The Balaban J connectivity index is 2.04. The van der Waals surface area contributed by atoms with Gasteiger partial charge in [-0.3, -0.25) is 14.5 Å². The van der Waals surface area contributed by atoms with Gasteiger partial charge in [0.05, 0.1) is 24.9 Å². The van der Waals surface area contributed by atoms with Crippen LogP contribution in [0.15, 0.2) is 24.3 Å². The van der Waals surface area contributed by atoms with Crippen molar-refractivity contribution in [1.82, 2.24) is 10.2 Å². The number of methoxy groups -OCH3 is 1. The van der Waals surface area contributed by atoms with Crippen LogP contribution in [0.1, 0.15) is 60.3 Å². The summed E-state index contributed by atoms with van der Waals surface area (Å²) in [6, 6.07) is 7.00. The Labute approximate surface area is 229 Å². The van der Waals surface area contributed by atoms with E-state index in [1.165, 1.54) is 0 Å². The SMILES string of the molecule is CCCCNC(=O)[C@@H](C[C@H](O)[C@@H](N)CN1CC(=O)N(c2ccccc2OCCCOC)CC1(C)C)C(C)C. The highest BCUT2D eigenvalue weighted by molar-refractivity contribution is 5.97. The minimum Gasteiger partial charge on any atom is -0.491 e. The number of anilines is 1. The van der Waals surface area contributed by atoms with Gasteiger partial charge in [-0.1, -0.05) is 39.3 Å². The van der Waals surface area contributed by atoms with Crippen molar-refractivity contribution in [2.24, 2.45) is 17.6 Å². The van der Waals surface area contributed by atoms with Crippen LogP contribution in [0, 0.1) is 11.8 Å². The first-order valence-electron chi connectivity index (χ1n) is 14.0. The van der Waals surface area contributed by atoms with Crippen LogP contribution in [-0.2, 0) is 14.3 Å². The Morgan fingerprint density at radius 2 is 1.92 bits per heavy atom. The molecule has 216 valence electrons. The van der Waals surface area contributed by atoms with Gasteiger partial charge in [-0.05, 0) is 44.7 Å². The summed E-state index contributed by atoms with van der Waals surface area (Å²) in [6.45, 7) is 13.0. The van der Waals surface area contributed by atoms with Crippen LogP contribution in [0.2, 0.25) is 0 Å². The highest BCUT2D eigenvalue weighted by Crippen LogP contribution is 2.33. The van der Waals surface area contributed by atoms with E-state index in [2.05, 4.69) is 26.1 Å². The zero-order valence-electron chi connectivity index (χ0n) is 24.2. The lowest BCUT2D eigenvalue weighted by Gasteiger charge is -2.48. The normalized spacial score (nSPS) is 18.3. The number of amides is 2. The summed E-state index contributed by atoms with van der Waals surface area (Å²) in [4.78, 5) is 29.8. The zero-order chi connectivity index (χ0) is 28.3. The zero-order valence-corrected chi connectivity index (χ0v) is 24.2. The Bertz CT molecular complexity index is 878. The number of rotatable bonds is 16. The molecule has 2 rings (SSSR count). The lowest BCUT2D eigenvalue weighted by molar-refractivity contribution is -0.127. The molecule has 1 fully saturated rings. The predicted molar refractivity (Wildman–Crippen MR) is 151 cm³/mol. The summed E-state index contributed by atoms with van der Waals surface area (Å²) in [5, 5.41) is 13.9. The number of nitrogens with two attached hydrogens (primary N) is 1. The van der Waals surface area contributed by atoms with Gasteiger partial charge in [-0.2, -0.15) is 0 Å². The molecule has 1 aromatic carbocycles. The van der Waals surface area contributed by atoms with Gasteiger partial charge in [0.1, 0.15) is 5.75 Å². The van der Waals surface area contributed by atoms with Gasteiger partial charge < -0.3 is 30.5 Å². The number of piperazine rings is 1. The Kier molecular flexibility index (Phi) is 13.0. The monoisotopic (exact) mass is 534 g/mol. The van der Waals surface area contributed by atoms with Crippen LogP contribution in [0.3, 0.4) is 0 Å². The molecule has 0 radical (unpaired) electrons. The number of nitrogens with zero attached hydrogens (tertiary/aromatic N) is 2. The molecule has 0 aromatic heterocycles. The maximum Gasteiger partial charge on any atom is 0.241 e. The third-order valence-corrected chi connectivity index (χ3v) is 7.33. The molecule has 38 heavy (non-hydrogen) atoms. The van der Waals surface area contributed by atoms with E-state index >= 15 is 0 Å². The number of para-hydroxylation sites is 2. The molecular weight excluding hydrogens is 484 g/mol. The van der Waals surface area contributed by atoms with Gasteiger partial charge in [-0.25, -0.2) is 0 Å². The molecule has 1 aliphatic heterocycles. The number of hydrogen-bond donors (Lipinski definition) is 3. The van der Waals surface area contributed by atoms with E-state index in [1.807, 2.05) is 43.0 Å². The molecular formula is C29H50N4O5. The molecule has 0 unspecified atom stereocenters. The summed E-state index contributed by atoms with van der Waals surface area (Å²) < 4.78 is 11.1. The Morgan fingerprint density at radius 1 is 1.21 bits per heavy atom. The number of ether oxygens (including phenoxy) is 2.